The van der Waals surface area contributed by atoms with E-state index in [2.05, 4.69) is 15.9 Å². The molecule has 0 radical (unpaired) electrons. The number of esters is 3. The second-order valence-electron chi connectivity index (χ2n) is 9.66. The summed E-state index contributed by atoms with van der Waals surface area (Å²) in [5.41, 5.74) is 7.70. The van der Waals surface area contributed by atoms with Crippen molar-refractivity contribution in [2.45, 2.75) is 53.1 Å². The standard InChI is InChI=1S/C29H33BrN2O6/c1-7-36-26(33)22-21(18-11-13-19(30)14-12-18)23(27(34)38-29(4,5)6)25(31)32(24(22)28(35)37-8-2)20-15-9-17(3)10-16-20/h9-16,21H,7-8,31H2,1-6H3. The largest absolute Gasteiger partial charge is 0.463 e. The van der Waals surface area contributed by atoms with Crippen LogP contribution in [0.15, 0.2) is 75.7 Å². The normalized spacial score (nSPS) is 15.9. The lowest BCUT2D eigenvalue weighted by Gasteiger charge is -2.38. The molecule has 1 atom stereocenters. The van der Waals surface area contributed by atoms with Crippen LogP contribution in [0, 0.1) is 6.92 Å². The third-order valence-corrected chi connectivity index (χ3v) is 6.18. The Morgan fingerprint density at radius 2 is 1.42 bits per heavy atom. The van der Waals surface area contributed by atoms with Crippen LogP contribution in [-0.2, 0) is 28.6 Å². The number of ether oxygens (including phenoxy) is 3. The molecule has 0 aliphatic carbocycles. The minimum Gasteiger partial charge on any atom is -0.463 e. The highest BCUT2D eigenvalue weighted by atomic mass is 79.9. The molecule has 1 unspecified atom stereocenters. The topological polar surface area (TPSA) is 108 Å². The summed E-state index contributed by atoms with van der Waals surface area (Å²) < 4.78 is 17.4. The number of nitrogens with two attached hydrogens (primary N) is 1. The van der Waals surface area contributed by atoms with E-state index in [9.17, 15) is 14.4 Å². The fourth-order valence-corrected chi connectivity index (χ4v) is 4.38. The number of carbonyl (C=O) groups is 3. The first-order chi connectivity index (χ1) is 17.9. The lowest BCUT2D eigenvalue weighted by Crippen LogP contribution is -2.43. The van der Waals surface area contributed by atoms with E-state index in [-0.39, 0.29) is 35.9 Å². The van der Waals surface area contributed by atoms with E-state index < -0.39 is 29.4 Å². The number of aryl methyl sites for hydroxylation is 1. The van der Waals surface area contributed by atoms with Crippen LogP contribution in [0.25, 0.3) is 0 Å². The zero-order chi connectivity index (χ0) is 28.2. The third-order valence-electron chi connectivity index (χ3n) is 5.65. The lowest BCUT2D eigenvalue weighted by atomic mass is 9.80. The number of hydrogen-bond acceptors (Lipinski definition) is 8. The molecule has 8 nitrogen and oxygen atoms in total. The second-order valence-corrected chi connectivity index (χ2v) is 10.6. The van der Waals surface area contributed by atoms with Crippen LogP contribution >= 0.6 is 15.9 Å². The molecule has 1 aliphatic rings. The number of benzene rings is 2. The Morgan fingerprint density at radius 3 is 1.95 bits per heavy atom. The Bertz CT molecular complexity index is 1270. The quantitative estimate of drug-likeness (QED) is 0.347. The average Bonchev–Trinajstić information content (AvgIpc) is 2.83. The van der Waals surface area contributed by atoms with Crippen molar-refractivity contribution in [3.8, 4) is 0 Å². The van der Waals surface area contributed by atoms with Crippen LogP contribution in [0.4, 0.5) is 5.69 Å². The summed E-state index contributed by atoms with van der Waals surface area (Å²) in [6.45, 7) is 10.6. The van der Waals surface area contributed by atoms with Gasteiger partial charge in [-0.15, -0.1) is 0 Å². The van der Waals surface area contributed by atoms with E-state index >= 15 is 0 Å². The molecule has 2 aromatic carbocycles. The Balaban J connectivity index is 2.45. The molecule has 0 fully saturated rings. The summed E-state index contributed by atoms with van der Waals surface area (Å²) >= 11 is 3.42. The number of nitrogens with zero attached hydrogens (tertiary/aromatic N) is 1. The van der Waals surface area contributed by atoms with Gasteiger partial charge in [0.1, 0.15) is 17.1 Å². The summed E-state index contributed by atoms with van der Waals surface area (Å²) in [5.74, 6) is -3.37. The van der Waals surface area contributed by atoms with E-state index in [0.29, 0.717) is 11.3 Å². The molecule has 1 aliphatic heterocycles. The predicted molar refractivity (Wildman–Crippen MR) is 148 cm³/mol. The van der Waals surface area contributed by atoms with Gasteiger partial charge in [-0.2, -0.15) is 0 Å². The molecule has 0 saturated carbocycles. The van der Waals surface area contributed by atoms with E-state index in [1.54, 1.807) is 71.0 Å². The number of halogens is 1. The van der Waals surface area contributed by atoms with Crippen molar-refractivity contribution in [3.63, 3.8) is 0 Å². The van der Waals surface area contributed by atoms with Gasteiger partial charge in [-0.3, -0.25) is 4.90 Å². The minimum atomic E-state index is -1.06. The third kappa shape index (κ3) is 6.27. The van der Waals surface area contributed by atoms with Gasteiger partial charge in [0.25, 0.3) is 0 Å². The number of rotatable bonds is 7. The molecule has 38 heavy (non-hydrogen) atoms. The van der Waals surface area contributed by atoms with Gasteiger partial charge in [0.2, 0.25) is 0 Å². The van der Waals surface area contributed by atoms with Gasteiger partial charge in [-0.05, 0) is 71.4 Å². The van der Waals surface area contributed by atoms with Crippen molar-refractivity contribution in [2.24, 2.45) is 5.73 Å². The fraction of sp³-hybridized carbons (Fsp3) is 0.345. The summed E-state index contributed by atoms with van der Waals surface area (Å²) in [6.07, 6.45) is 0. The highest BCUT2D eigenvalue weighted by Crippen LogP contribution is 2.44. The molecular formula is C29H33BrN2O6. The molecule has 3 rings (SSSR count). The highest BCUT2D eigenvalue weighted by molar-refractivity contribution is 9.10. The van der Waals surface area contributed by atoms with Crippen molar-refractivity contribution >= 4 is 39.5 Å². The van der Waals surface area contributed by atoms with Gasteiger partial charge in [-0.1, -0.05) is 45.8 Å². The smallest absolute Gasteiger partial charge is 0.355 e. The van der Waals surface area contributed by atoms with Crippen LogP contribution in [0.5, 0.6) is 0 Å². The average molecular weight is 585 g/mol. The lowest BCUT2D eigenvalue weighted by molar-refractivity contribution is -0.150. The van der Waals surface area contributed by atoms with E-state index in [0.717, 1.165) is 10.0 Å². The summed E-state index contributed by atoms with van der Waals surface area (Å²) in [5, 5.41) is 0. The van der Waals surface area contributed by atoms with Crippen LogP contribution in [0.2, 0.25) is 0 Å². The molecule has 2 aromatic rings. The number of anilines is 1. The Labute approximate surface area is 231 Å². The maximum atomic E-state index is 13.7. The van der Waals surface area contributed by atoms with Crippen molar-refractivity contribution in [2.75, 3.05) is 18.1 Å². The van der Waals surface area contributed by atoms with Crippen LogP contribution in [0.3, 0.4) is 0 Å². The molecule has 0 amide bonds. The van der Waals surface area contributed by atoms with Crippen molar-refractivity contribution in [3.05, 3.63) is 86.8 Å². The first-order valence-electron chi connectivity index (χ1n) is 12.3. The van der Waals surface area contributed by atoms with Gasteiger partial charge in [0, 0.05) is 10.2 Å². The minimum absolute atomic E-state index is 0.0129. The van der Waals surface area contributed by atoms with Gasteiger partial charge < -0.3 is 19.9 Å². The molecule has 0 saturated heterocycles. The van der Waals surface area contributed by atoms with Crippen molar-refractivity contribution < 1.29 is 28.6 Å². The molecule has 202 valence electrons. The summed E-state index contributed by atoms with van der Waals surface area (Å²) in [6, 6.07) is 14.2. The first-order valence-corrected chi connectivity index (χ1v) is 13.1. The zero-order valence-corrected chi connectivity index (χ0v) is 24.0. The van der Waals surface area contributed by atoms with E-state index in [1.807, 2.05) is 19.1 Å². The predicted octanol–water partition coefficient (Wildman–Crippen LogP) is 5.25. The highest BCUT2D eigenvalue weighted by Gasteiger charge is 2.46. The Morgan fingerprint density at radius 1 is 0.868 bits per heavy atom. The summed E-state index contributed by atoms with van der Waals surface area (Å²) in [7, 11) is 0. The van der Waals surface area contributed by atoms with Gasteiger partial charge in [0.05, 0.1) is 30.3 Å². The number of hydrogen-bond donors (Lipinski definition) is 1. The molecule has 0 spiro atoms. The van der Waals surface area contributed by atoms with Gasteiger partial charge in [-0.25, -0.2) is 14.4 Å². The Hall–Kier alpha value is -3.59. The second kappa shape index (κ2) is 11.9. The molecule has 1 heterocycles. The fourth-order valence-electron chi connectivity index (χ4n) is 4.12. The van der Waals surface area contributed by atoms with Gasteiger partial charge in [0.15, 0.2) is 0 Å². The van der Waals surface area contributed by atoms with Crippen LogP contribution < -0.4 is 10.6 Å². The van der Waals surface area contributed by atoms with Crippen LogP contribution in [-0.4, -0.2) is 36.7 Å². The monoisotopic (exact) mass is 584 g/mol. The van der Waals surface area contributed by atoms with Crippen molar-refractivity contribution in [1.29, 1.82) is 0 Å². The summed E-state index contributed by atoms with van der Waals surface area (Å²) in [4.78, 5) is 42.3. The maximum absolute atomic E-state index is 13.7. The Kier molecular flexibility index (Phi) is 9.04. The number of carbonyl (C=O) groups excluding carboxylic acids is 3. The van der Waals surface area contributed by atoms with E-state index in [1.165, 1.54) is 4.90 Å². The molecule has 9 heteroatoms. The van der Waals surface area contributed by atoms with Gasteiger partial charge >= 0.3 is 17.9 Å². The maximum Gasteiger partial charge on any atom is 0.355 e. The molecular weight excluding hydrogens is 552 g/mol. The SMILES string of the molecule is CCOC(=O)C1=C(C(=O)OCC)N(c2ccc(C)cc2)C(N)=C(C(=O)OC(C)(C)C)C1c1ccc(Br)cc1. The van der Waals surface area contributed by atoms with E-state index in [4.69, 9.17) is 19.9 Å². The first kappa shape index (κ1) is 29.0. The zero-order valence-electron chi connectivity index (χ0n) is 22.5. The molecule has 0 aromatic heterocycles. The molecule has 0 bridgehead atoms. The molecule has 2 N–H and O–H groups in total. The van der Waals surface area contributed by atoms with Crippen molar-refractivity contribution in [1.82, 2.24) is 0 Å². The van der Waals surface area contributed by atoms with Crippen LogP contribution in [0.1, 0.15) is 51.7 Å².